The highest BCUT2D eigenvalue weighted by atomic mass is 16.5. The molecule has 0 unspecified atom stereocenters. The van der Waals surface area contributed by atoms with Gasteiger partial charge in [0, 0.05) is 25.0 Å². The van der Waals surface area contributed by atoms with E-state index < -0.39 is 5.60 Å². The van der Waals surface area contributed by atoms with E-state index >= 15 is 0 Å². The molecule has 1 aromatic carbocycles. The number of rotatable bonds is 5. The topological polar surface area (TPSA) is 55.6 Å². The van der Waals surface area contributed by atoms with Gasteiger partial charge in [-0.1, -0.05) is 13.0 Å². The normalized spacial score (nSPS) is 11.3. The number of benzene rings is 1. The maximum Gasteiger partial charge on any atom is 0.258 e. The first-order valence-electron chi connectivity index (χ1n) is 6.15. The standard InChI is InChI=1S/C14H22N2O2/c1-5-9-16(13(17)14(2,3)18-4)12-8-6-7-11(15)10-12/h6-8,10H,5,9,15H2,1-4H3. The molecule has 0 heterocycles. The van der Waals surface area contributed by atoms with Crippen LogP contribution >= 0.6 is 0 Å². The molecule has 0 radical (unpaired) electrons. The van der Waals surface area contributed by atoms with Gasteiger partial charge in [-0.3, -0.25) is 4.79 Å². The summed E-state index contributed by atoms with van der Waals surface area (Å²) in [4.78, 5) is 14.2. The fourth-order valence-corrected chi connectivity index (χ4v) is 1.68. The molecule has 0 aromatic heterocycles. The zero-order valence-electron chi connectivity index (χ0n) is 11.6. The van der Waals surface area contributed by atoms with Crippen molar-refractivity contribution in [1.29, 1.82) is 0 Å². The first-order chi connectivity index (χ1) is 8.42. The number of nitrogens with zero attached hydrogens (tertiary/aromatic N) is 1. The van der Waals surface area contributed by atoms with Crippen LogP contribution in [-0.2, 0) is 9.53 Å². The van der Waals surface area contributed by atoms with E-state index in [1.54, 1.807) is 38.0 Å². The minimum Gasteiger partial charge on any atom is -0.399 e. The first-order valence-corrected chi connectivity index (χ1v) is 6.15. The van der Waals surface area contributed by atoms with Crippen LogP contribution in [0, 0.1) is 0 Å². The monoisotopic (exact) mass is 250 g/mol. The molecule has 0 saturated carbocycles. The minimum absolute atomic E-state index is 0.0579. The molecule has 1 rings (SSSR count). The lowest BCUT2D eigenvalue weighted by atomic mass is 10.1. The molecule has 4 heteroatoms. The fraction of sp³-hybridized carbons (Fsp3) is 0.500. The number of hydrogen-bond acceptors (Lipinski definition) is 3. The third-order valence-electron chi connectivity index (χ3n) is 2.90. The number of carbonyl (C=O) groups excluding carboxylic acids is 1. The predicted molar refractivity (Wildman–Crippen MR) is 74.6 cm³/mol. The number of amides is 1. The molecule has 2 N–H and O–H groups in total. The molecule has 0 saturated heterocycles. The summed E-state index contributed by atoms with van der Waals surface area (Å²) in [7, 11) is 1.54. The Balaban J connectivity index is 3.07. The maximum atomic E-state index is 12.5. The Morgan fingerprint density at radius 3 is 2.61 bits per heavy atom. The predicted octanol–water partition coefficient (Wildman–Crippen LogP) is 2.44. The molecule has 1 aromatic rings. The largest absolute Gasteiger partial charge is 0.399 e. The van der Waals surface area contributed by atoms with Crippen LogP contribution in [0.25, 0.3) is 0 Å². The molecular formula is C14H22N2O2. The summed E-state index contributed by atoms with van der Waals surface area (Å²) in [5, 5.41) is 0. The molecule has 18 heavy (non-hydrogen) atoms. The Hall–Kier alpha value is -1.55. The van der Waals surface area contributed by atoms with Crippen molar-refractivity contribution in [2.75, 3.05) is 24.3 Å². The van der Waals surface area contributed by atoms with Crippen molar-refractivity contribution in [3.05, 3.63) is 24.3 Å². The van der Waals surface area contributed by atoms with Gasteiger partial charge >= 0.3 is 0 Å². The third kappa shape index (κ3) is 3.23. The Morgan fingerprint density at radius 2 is 2.11 bits per heavy atom. The molecule has 0 aliphatic rings. The second kappa shape index (κ2) is 5.87. The molecule has 1 amide bonds. The third-order valence-corrected chi connectivity index (χ3v) is 2.90. The number of carbonyl (C=O) groups is 1. The van der Waals surface area contributed by atoms with E-state index in [0.29, 0.717) is 12.2 Å². The van der Waals surface area contributed by atoms with Crippen molar-refractivity contribution in [2.45, 2.75) is 32.8 Å². The summed E-state index contributed by atoms with van der Waals surface area (Å²) in [5.41, 5.74) is 6.39. The zero-order chi connectivity index (χ0) is 13.8. The Kier molecular flexibility index (Phi) is 4.73. The van der Waals surface area contributed by atoms with Crippen molar-refractivity contribution in [3.8, 4) is 0 Å². The van der Waals surface area contributed by atoms with Gasteiger partial charge in [0.1, 0.15) is 5.60 Å². The van der Waals surface area contributed by atoms with E-state index in [1.807, 2.05) is 19.1 Å². The molecule has 0 atom stereocenters. The highest BCUT2D eigenvalue weighted by Gasteiger charge is 2.32. The summed E-state index contributed by atoms with van der Waals surface area (Å²) in [6, 6.07) is 7.34. The van der Waals surface area contributed by atoms with Gasteiger partial charge in [0.25, 0.3) is 5.91 Å². The van der Waals surface area contributed by atoms with Crippen LogP contribution in [0.1, 0.15) is 27.2 Å². The minimum atomic E-state index is -0.834. The lowest BCUT2D eigenvalue weighted by Crippen LogP contribution is -2.47. The van der Waals surface area contributed by atoms with Gasteiger partial charge in [-0.2, -0.15) is 0 Å². The van der Waals surface area contributed by atoms with Crippen molar-refractivity contribution in [2.24, 2.45) is 0 Å². The van der Waals surface area contributed by atoms with Gasteiger partial charge in [0.2, 0.25) is 0 Å². The van der Waals surface area contributed by atoms with Gasteiger partial charge in [0.15, 0.2) is 0 Å². The van der Waals surface area contributed by atoms with Gasteiger partial charge in [-0.05, 0) is 38.5 Å². The highest BCUT2D eigenvalue weighted by Crippen LogP contribution is 2.22. The second-order valence-electron chi connectivity index (χ2n) is 4.77. The second-order valence-corrected chi connectivity index (χ2v) is 4.77. The molecule has 100 valence electrons. The van der Waals surface area contributed by atoms with Crippen molar-refractivity contribution in [3.63, 3.8) is 0 Å². The van der Waals surface area contributed by atoms with E-state index in [2.05, 4.69) is 0 Å². The van der Waals surface area contributed by atoms with Crippen molar-refractivity contribution < 1.29 is 9.53 Å². The molecule has 4 nitrogen and oxygen atoms in total. The van der Waals surface area contributed by atoms with Crippen molar-refractivity contribution in [1.82, 2.24) is 0 Å². The quantitative estimate of drug-likeness (QED) is 0.817. The summed E-state index contributed by atoms with van der Waals surface area (Å²) in [5.74, 6) is -0.0579. The Morgan fingerprint density at radius 1 is 1.44 bits per heavy atom. The van der Waals surface area contributed by atoms with Gasteiger partial charge < -0.3 is 15.4 Å². The van der Waals surface area contributed by atoms with E-state index in [4.69, 9.17) is 10.5 Å². The molecule has 0 fully saturated rings. The number of hydrogen-bond donors (Lipinski definition) is 1. The summed E-state index contributed by atoms with van der Waals surface area (Å²) in [6.45, 7) is 6.22. The van der Waals surface area contributed by atoms with Crippen molar-refractivity contribution >= 4 is 17.3 Å². The number of anilines is 2. The summed E-state index contributed by atoms with van der Waals surface area (Å²) >= 11 is 0. The average Bonchev–Trinajstić information content (AvgIpc) is 2.35. The van der Waals surface area contributed by atoms with E-state index in [9.17, 15) is 4.79 Å². The molecule has 0 bridgehead atoms. The SMILES string of the molecule is CCCN(C(=O)C(C)(C)OC)c1cccc(N)c1. The number of methoxy groups -OCH3 is 1. The van der Waals surface area contributed by atoms with Crippen LogP contribution < -0.4 is 10.6 Å². The molecular weight excluding hydrogens is 228 g/mol. The van der Waals surface area contributed by atoms with Crippen LogP contribution in [0.2, 0.25) is 0 Å². The molecule has 0 aliphatic carbocycles. The van der Waals surface area contributed by atoms with Crippen LogP contribution in [0.4, 0.5) is 11.4 Å². The number of nitrogens with two attached hydrogens (primary N) is 1. The molecule has 0 spiro atoms. The Bertz CT molecular complexity index is 416. The Labute approximate surface area is 109 Å². The lowest BCUT2D eigenvalue weighted by molar-refractivity contribution is -0.136. The molecule has 0 aliphatic heterocycles. The van der Waals surface area contributed by atoms with E-state index in [0.717, 1.165) is 12.1 Å². The van der Waals surface area contributed by atoms with E-state index in [1.165, 1.54) is 0 Å². The highest BCUT2D eigenvalue weighted by molar-refractivity contribution is 5.99. The zero-order valence-corrected chi connectivity index (χ0v) is 11.6. The maximum absolute atomic E-state index is 12.5. The van der Waals surface area contributed by atoms with Crippen LogP contribution in [0.3, 0.4) is 0 Å². The lowest BCUT2D eigenvalue weighted by Gasteiger charge is -2.31. The van der Waals surface area contributed by atoms with Gasteiger partial charge in [0.05, 0.1) is 0 Å². The summed E-state index contributed by atoms with van der Waals surface area (Å²) in [6.07, 6.45) is 0.875. The van der Waals surface area contributed by atoms with Gasteiger partial charge in [-0.25, -0.2) is 0 Å². The van der Waals surface area contributed by atoms with Crippen LogP contribution in [0.5, 0.6) is 0 Å². The van der Waals surface area contributed by atoms with E-state index in [-0.39, 0.29) is 5.91 Å². The first kappa shape index (κ1) is 14.5. The van der Waals surface area contributed by atoms with Crippen LogP contribution in [0.15, 0.2) is 24.3 Å². The van der Waals surface area contributed by atoms with Crippen LogP contribution in [-0.4, -0.2) is 25.2 Å². The summed E-state index contributed by atoms with van der Waals surface area (Å²) < 4.78 is 5.26. The smallest absolute Gasteiger partial charge is 0.258 e. The number of nitrogen functional groups attached to an aromatic ring is 1. The van der Waals surface area contributed by atoms with Gasteiger partial charge in [-0.15, -0.1) is 0 Å². The fourth-order valence-electron chi connectivity index (χ4n) is 1.68. The number of ether oxygens (including phenoxy) is 1. The average molecular weight is 250 g/mol.